The van der Waals surface area contributed by atoms with Gasteiger partial charge in [0, 0.05) is 0 Å². The lowest BCUT2D eigenvalue weighted by Crippen LogP contribution is -1.91. The van der Waals surface area contributed by atoms with Gasteiger partial charge in [-0.3, -0.25) is 0 Å². The van der Waals surface area contributed by atoms with Crippen LogP contribution in [0.5, 0.6) is 0 Å². The van der Waals surface area contributed by atoms with Gasteiger partial charge in [-0.05, 0) is 47.2 Å². The molecule has 3 rings (SSSR count). The molecule has 0 heterocycles. The molecule has 0 atom stereocenters. The Kier molecular flexibility index (Phi) is 3.93. The van der Waals surface area contributed by atoms with Crippen molar-refractivity contribution in [3.05, 3.63) is 102 Å². The molecule has 0 amide bonds. The van der Waals surface area contributed by atoms with Crippen LogP contribution in [0, 0.1) is 13.8 Å². The zero-order valence-electron chi connectivity index (χ0n) is 13.1. The molecule has 0 saturated carbocycles. The first-order valence-corrected chi connectivity index (χ1v) is 7.57. The van der Waals surface area contributed by atoms with Crippen LogP contribution in [0.15, 0.2) is 79.4 Å². The lowest BCUT2D eigenvalue weighted by Gasteiger charge is -2.11. The molecule has 0 N–H and O–H groups in total. The lowest BCUT2D eigenvalue weighted by molar-refractivity contribution is 1.36. The Morgan fingerprint density at radius 1 is 0.727 bits per heavy atom. The van der Waals surface area contributed by atoms with Gasteiger partial charge in [0.25, 0.3) is 0 Å². The highest BCUT2D eigenvalue weighted by atomic mass is 14.1. The maximum atomic E-state index is 4.30. The largest absolute Gasteiger partial charge is 0.0905 e. The first-order valence-electron chi connectivity index (χ1n) is 7.57. The molecular formula is C22H20. The standard InChI is InChI=1S/C22H20/c1-16-9-10-17(2)22(15-16)18(3)19-11-13-21(14-12-19)20-7-5-4-6-8-20/h4-15H,3H2,1-2H3. The van der Waals surface area contributed by atoms with E-state index in [4.69, 9.17) is 0 Å². The lowest BCUT2D eigenvalue weighted by atomic mass is 9.93. The molecule has 0 aliphatic rings. The average Bonchev–Trinajstić information content (AvgIpc) is 2.57. The van der Waals surface area contributed by atoms with Gasteiger partial charge in [-0.15, -0.1) is 0 Å². The molecule has 0 aromatic heterocycles. The van der Waals surface area contributed by atoms with E-state index >= 15 is 0 Å². The van der Waals surface area contributed by atoms with Crippen LogP contribution in [-0.2, 0) is 0 Å². The minimum absolute atomic E-state index is 1.08. The second-order valence-electron chi connectivity index (χ2n) is 5.74. The molecule has 3 aromatic carbocycles. The van der Waals surface area contributed by atoms with Gasteiger partial charge in [0.1, 0.15) is 0 Å². The molecule has 0 radical (unpaired) electrons. The monoisotopic (exact) mass is 284 g/mol. The van der Waals surface area contributed by atoms with Gasteiger partial charge in [0.15, 0.2) is 0 Å². The van der Waals surface area contributed by atoms with Crippen molar-refractivity contribution in [3.8, 4) is 11.1 Å². The Morgan fingerprint density at radius 3 is 2.05 bits per heavy atom. The zero-order valence-corrected chi connectivity index (χ0v) is 13.1. The molecule has 0 unspecified atom stereocenters. The van der Waals surface area contributed by atoms with Gasteiger partial charge in [-0.2, -0.15) is 0 Å². The van der Waals surface area contributed by atoms with Crippen molar-refractivity contribution in [2.75, 3.05) is 0 Å². The second-order valence-corrected chi connectivity index (χ2v) is 5.74. The number of hydrogen-bond donors (Lipinski definition) is 0. The van der Waals surface area contributed by atoms with E-state index in [9.17, 15) is 0 Å². The summed E-state index contributed by atoms with van der Waals surface area (Å²) in [6, 6.07) is 25.6. The van der Waals surface area contributed by atoms with Crippen molar-refractivity contribution in [2.45, 2.75) is 13.8 Å². The molecular weight excluding hydrogens is 264 g/mol. The number of hydrogen-bond acceptors (Lipinski definition) is 0. The normalized spacial score (nSPS) is 10.5. The fraction of sp³-hybridized carbons (Fsp3) is 0.0909. The predicted octanol–water partition coefficient (Wildman–Crippen LogP) is 6.03. The van der Waals surface area contributed by atoms with E-state index in [2.05, 4.69) is 87.2 Å². The molecule has 0 fully saturated rings. The van der Waals surface area contributed by atoms with Crippen LogP contribution in [-0.4, -0.2) is 0 Å². The van der Waals surface area contributed by atoms with E-state index in [0.717, 1.165) is 5.57 Å². The molecule has 0 spiro atoms. The maximum Gasteiger partial charge on any atom is -0.0152 e. The molecule has 108 valence electrons. The first-order chi connectivity index (χ1) is 10.6. The summed E-state index contributed by atoms with van der Waals surface area (Å²) >= 11 is 0. The summed E-state index contributed by atoms with van der Waals surface area (Å²) in [5.74, 6) is 0. The van der Waals surface area contributed by atoms with Crippen molar-refractivity contribution in [1.82, 2.24) is 0 Å². The summed E-state index contributed by atoms with van der Waals surface area (Å²) in [5.41, 5.74) is 8.50. The van der Waals surface area contributed by atoms with Gasteiger partial charge in [0.05, 0.1) is 0 Å². The van der Waals surface area contributed by atoms with Crippen LogP contribution in [0.4, 0.5) is 0 Å². The Labute approximate surface area is 132 Å². The van der Waals surface area contributed by atoms with Crippen LogP contribution in [0.25, 0.3) is 16.7 Å². The number of rotatable bonds is 3. The van der Waals surface area contributed by atoms with E-state index in [1.165, 1.54) is 33.4 Å². The molecule has 0 aliphatic carbocycles. The van der Waals surface area contributed by atoms with E-state index in [1.54, 1.807) is 0 Å². The quantitative estimate of drug-likeness (QED) is 0.550. The molecule has 0 heteroatoms. The van der Waals surface area contributed by atoms with Crippen LogP contribution in [0.2, 0.25) is 0 Å². The summed E-state index contributed by atoms with van der Waals surface area (Å²) < 4.78 is 0. The molecule has 0 bridgehead atoms. The van der Waals surface area contributed by atoms with Crippen molar-refractivity contribution in [3.63, 3.8) is 0 Å². The van der Waals surface area contributed by atoms with Gasteiger partial charge in [-0.1, -0.05) is 84.9 Å². The summed E-state index contributed by atoms with van der Waals surface area (Å²) in [6.45, 7) is 8.56. The van der Waals surface area contributed by atoms with E-state index in [0.29, 0.717) is 0 Å². The first kappa shape index (κ1) is 14.3. The summed E-state index contributed by atoms with van der Waals surface area (Å²) in [4.78, 5) is 0. The smallest absolute Gasteiger partial charge is 0.0152 e. The van der Waals surface area contributed by atoms with Crippen molar-refractivity contribution in [2.24, 2.45) is 0 Å². The molecule has 0 nitrogen and oxygen atoms in total. The molecule has 22 heavy (non-hydrogen) atoms. The van der Waals surface area contributed by atoms with E-state index in [1.807, 2.05) is 6.07 Å². The average molecular weight is 284 g/mol. The van der Waals surface area contributed by atoms with Gasteiger partial charge >= 0.3 is 0 Å². The number of benzene rings is 3. The maximum absolute atomic E-state index is 4.30. The predicted molar refractivity (Wildman–Crippen MR) is 95.9 cm³/mol. The van der Waals surface area contributed by atoms with Crippen molar-refractivity contribution >= 4 is 5.57 Å². The van der Waals surface area contributed by atoms with Crippen LogP contribution in [0.1, 0.15) is 22.3 Å². The Bertz CT molecular complexity index is 793. The van der Waals surface area contributed by atoms with E-state index in [-0.39, 0.29) is 0 Å². The van der Waals surface area contributed by atoms with Gasteiger partial charge < -0.3 is 0 Å². The Hall–Kier alpha value is -2.60. The van der Waals surface area contributed by atoms with Crippen LogP contribution in [0.3, 0.4) is 0 Å². The molecule has 0 saturated heterocycles. The van der Waals surface area contributed by atoms with Gasteiger partial charge in [-0.25, -0.2) is 0 Å². The molecule has 0 aliphatic heterocycles. The van der Waals surface area contributed by atoms with Crippen LogP contribution < -0.4 is 0 Å². The zero-order chi connectivity index (χ0) is 15.5. The molecule has 3 aromatic rings. The second kappa shape index (κ2) is 6.03. The fourth-order valence-electron chi connectivity index (χ4n) is 2.71. The topological polar surface area (TPSA) is 0 Å². The van der Waals surface area contributed by atoms with E-state index < -0.39 is 0 Å². The fourth-order valence-corrected chi connectivity index (χ4v) is 2.71. The van der Waals surface area contributed by atoms with Crippen LogP contribution >= 0.6 is 0 Å². The summed E-state index contributed by atoms with van der Waals surface area (Å²) in [5, 5.41) is 0. The number of aryl methyl sites for hydroxylation is 2. The Morgan fingerprint density at radius 2 is 1.36 bits per heavy atom. The summed E-state index contributed by atoms with van der Waals surface area (Å²) in [7, 11) is 0. The highest BCUT2D eigenvalue weighted by Crippen LogP contribution is 2.27. The van der Waals surface area contributed by atoms with Crippen molar-refractivity contribution < 1.29 is 0 Å². The summed E-state index contributed by atoms with van der Waals surface area (Å²) in [6.07, 6.45) is 0. The minimum Gasteiger partial charge on any atom is -0.0905 e. The third kappa shape index (κ3) is 2.87. The van der Waals surface area contributed by atoms with Gasteiger partial charge in [0.2, 0.25) is 0 Å². The Balaban J connectivity index is 1.93. The third-order valence-corrected chi connectivity index (χ3v) is 4.06. The highest BCUT2D eigenvalue weighted by Gasteiger charge is 2.06. The minimum atomic E-state index is 1.08. The van der Waals surface area contributed by atoms with Crippen molar-refractivity contribution in [1.29, 1.82) is 0 Å². The third-order valence-electron chi connectivity index (χ3n) is 4.06. The SMILES string of the molecule is C=C(c1ccc(-c2ccccc2)cc1)c1cc(C)ccc1C. The highest BCUT2D eigenvalue weighted by molar-refractivity contribution is 5.81.